The summed E-state index contributed by atoms with van der Waals surface area (Å²) in [6, 6.07) is 9.14. The molecule has 0 aliphatic rings. The minimum absolute atomic E-state index is 0.103. The fraction of sp³-hybridized carbons (Fsp3) is 0.333. The molecule has 0 aliphatic heterocycles. The zero-order valence-electron chi connectivity index (χ0n) is 15.3. The van der Waals surface area contributed by atoms with Crippen molar-refractivity contribution in [2.75, 3.05) is 38.4 Å². The van der Waals surface area contributed by atoms with Crippen molar-refractivity contribution in [3.8, 4) is 0 Å². The van der Waals surface area contributed by atoms with E-state index >= 15 is 0 Å². The Bertz CT molecular complexity index is 900. The molecular weight excluding hydrogens is 364 g/mol. The first kappa shape index (κ1) is 19.1. The van der Waals surface area contributed by atoms with Gasteiger partial charge in [0, 0.05) is 25.8 Å². The highest BCUT2D eigenvalue weighted by Crippen LogP contribution is 2.23. The molecule has 0 bridgehead atoms. The van der Waals surface area contributed by atoms with Crippen LogP contribution in [0.25, 0.3) is 11.0 Å². The number of ether oxygens (including phenoxy) is 1. The summed E-state index contributed by atoms with van der Waals surface area (Å²) in [4.78, 5) is 21.2. The van der Waals surface area contributed by atoms with Gasteiger partial charge in [-0.1, -0.05) is 30.0 Å². The van der Waals surface area contributed by atoms with Crippen molar-refractivity contribution < 1.29 is 9.53 Å². The predicted molar refractivity (Wildman–Crippen MR) is 106 cm³/mol. The lowest BCUT2D eigenvalue weighted by Gasteiger charge is -2.09. The van der Waals surface area contributed by atoms with E-state index in [0.717, 1.165) is 16.9 Å². The normalized spacial score (nSPS) is 10.9. The topological polar surface area (TPSA) is 94.0 Å². The van der Waals surface area contributed by atoms with Gasteiger partial charge in [0.25, 0.3) is 5.91 Å². The molecule has 1 amide bonds. The Morgan fingerprint density at radius 2 is 2.04 bits per heavy atom. The molecule has 0 radical (unpaired) electrons. The van der Waals surface area contributed by atoms with Crippen LogP contribution in [0.4, 0.5) is 5.82 Å². The van der Waals surface area contributed by atoms with Crippen molar-refractivity contribution in [3.63, 3.8) is 0 Å². The van der Waals surface area contributed by atoms with Gasteiger partial charge in [-0.2, -0.15) is 5.10 Å². The molecule has 9 heteroatoms. The standard InChI is InChI=1S/C18H22N6O2S/c1-26-11-9-19-15-14-12-21-24(16(14)23-18(22-15)27-2)10-8-20-17(25)13-6-4-3-5-7-13/h3-7,12H,8-11H2,1-2H3,(H,20,25)(H,19,22,23). The first-order chi connectivity index (χ1) is 13.2. The molecule has 0 fully saturated rings. The molecule has 0 saturated heterocycles. The number of benzene rings is 1. The number of nitrogens with zero attached hydrogens (tertiary/aromatic N) is 4. The third kappa shape index (κ3) is 4.75. The van der Waals surface area contributed by atoms with E-state index in [9.17, 15) is 4.79 Å². The van der Waals surface area contributed by atoms with Crippen LogP contribution in [0, 0.1) is 0 Å². The third-order valence-electron chi connectivity index (χ3n) is 3.90. The minimum atomic E-state index is -0.103. The molecule has 2 N–H and O–H groups in total. The molecule has 3 rings (SSSR count). The van der Waals surface area contributed by atoms with Gasteiger partial charge in [-0.3, -0.25) is 4.79 Å². The number of nitrogens with one attached hydrogen (secondary N) is 2. The van der Waals surface area contributed by atoms with E-state index in [2.05, 4.69) is 25.7 Å². The fourth-order valence-electron chi connectivity index (χ4n) is 2.56. The second-order valence-electron chi connectivity index (χ2n) is 5.71. The number of hydrogen-bond donors (Lipinski definition) is 2. The summed E-state index contributed by atoms with van der Waals surface area (Å²) in [6.45, 7) is 2.20. The van der Waals surface area contributed by atoms with E-state index in [1.54, 1.807) is 30.1 Å². The lowest BCUT2D eigenvalue weighted by Crippen LogP contribution is -2.27. The van der Waals surface area contributed by atoms with E-state index in [0.29, 0.717) is 37.0 Å². The molecule has 8 nitrogen and oxygen atoms in total. The third-order valence-corrected chi connectivity index (χ3v) is 4.45. The second kappa shape index (κ2) is 9.33. The lowest BCUT2D eigenvalue weighted by atomic mass is 10.2. The number of aromatic nitrogens is 4. The number of fused-ring (bicyclic) bond motifs is 1. The summed E-state index contributed by atoms with van der Waals surface area (Å²) in [5.41, 5.74) is 1.38. The van der Waals surface area contributed by atoms with Crippen LogP contribution in [0.15, 0.2) is 41.7 Å². The van der Waals surface area contributed by atoms with Gasteiger partial charge in [-0.25, -0.2) is 14.6 Å². The van der Waals surface area contributed by atoms with Crippen LogP contribution in [-0.4, -0.2) is 58.7 Å². The molecule has 2 heterocycles. The average molecular weight is 386 g/mol. The summed E-state index contributed by atoms with van der Waals surface area (Å²) < 4.78 is 6.86. The zero-order chi connectivity index (χ0) is 19.1. The maximum absolute atomic E-state index is 12.1. The Morgan fingerprint density at radius 1 is 1.22 bits per heavy atom. The van der Waals surface area contributed by atoms with Gasteiger partial charge < -0.3 is 15.4 Å². The van der Waals surface area contributed by atoms with Crippen molar-refractivity contribution in [2.24, 2.45) is 0 Å². The highest BCUT2D eigenvalue weighted by Gasteiger charge is 2.13. The minimum Gasteiger partial charge on any atom is -0.383 e. The van der Waals surface area contributed by atoms with Crippen molar-refractivity contribution in [1.82, 2.24) is 25.1 Å². The lowest BCUT2D eigenvalue weighted by molar-refractivity contribution is 0.0952. The number of carbonyl (C=O) groups excluding carboxylic acids is 1. The van der Waals surface area contributed by atoms with Gasteiger partial charge in [-0.15, -0.1) is 0 Å². The molecular formula is C18H22N6O2S. The summed E-state index contributed by atoms with van der Waals surface area (Å²) in [5.74, 6) is 0.634. The van der Waals surface area contributed by atoms with Crippen molar-refractivity contribution in [1.29, 1.82) is 0 Å². The van der Waals surface area contributed by atoms with E-state index in [1.165, 1.54) is 11.8 Å². The predicted octanol–water partition coefficient (Wildman–Crippen LogP) is 2.04. The maximum atomic E-state index is 12.1. The van der Waals surface area contributed by atoms with Gasteiger partial charge in [0.2, 0.25) is 0 Å². The molecule has 2 aromatic heterocycles. The molecule has 1 aromatic carbocycles. The van der Waals surface area contributed by atoms with E-state index in [4.69, 9.17) is 4.74 Å². The number of thioether (sulfide) groups is 1. The Morgan fingerprint density at radius 3 is 2.78 bits per heavy atom. The van der Waals surface area contributed by atoms with Crippen LogP contribution in [0.3, 0.4) is 0 Å². The Hall–Kier alpha value is -2.65. The Kier molecular flexibility index (Phi) is 6.61. The largest absolute Gasteiger partial charge is 0.383 e. The molecule has 0 aliphatic carbocycles. The Balaban J connectivity index is 1.71. The van der Waals surface area contributed by atoms with Crippen LogP contribution in [0.5, 0.6) is 0 Å². The monoisotopic (exact) mass is 386 g/mol. The highest BCUT2D eigenvalue weighted by atomic mass is 32.2. The first-order valence-corrected chi connectivity index (χ1v) is 9.79. The summed E-state index contributed by atoms with van der Waals surface area (Å²) in [5, 5.41) is 12.1. The summed E-state index contributed by atoms with van der Waals surface area (Å²) in [6.07, 6.45) is 3.68. The smallest absolute Gasteiger partial charge is 0.251 e. The molecule has 0 saturated carbocycles. The SMILES string of the molecule is COCCNc1nc(SC)nc2c1cnn2CCNC(=O)c1ccccc1. The number of anilines is 1. The number of hydrogen-bond acceptors (Lipinski definition) is 7. The van der Waals surface area contributed by atoms with Crippen LogP contribution in [-0.2, 0) is 11.3 Å². The first-order valence-electron chi connectivity index (χ1n) is 8.56. The summed E-state index contributed by atoms with van der Waals surface area (Å²) in [7, 11) is 1.66. The number of rotatable bonds is 9. The van der Waals surface area contributed by atoms with Crippen molar-refractivity contribution in [2.45, 2.75) is 11.7 Å². The highest BCUT2D eigenvalue weighted by molar-refractivity contribution is 7.98. The van der Waals surface area contributed by atoms with Gasteiger partial charge in [0.05, 0.1) is 24.7 Å². The molecule has 0 unspecified atom stereocenters. The zero-order valence-corrected chi connectivity index (χ0v) is 16.1. The molecule has 3 aromatic rings. The van der Waals surface area contributed by atoms with E-state index in [1.807, 2.05) is 24.5 Å². The average Bonchev–Trinajstić information content (AvgIpc) is 3.11. The number of amides is 1. The van der Waals surface area contributed by atoms with Crippen LogP contribution < -0.4 is 10.6 Å². The van der Waals surface area contributed by atoms with Crippen LogP contribution >= 0.6 is 11.8 Å². The van der Waals surface area contributed by atoms with E-state index < -0.39 is 0 Å². The number of carbonyl (C=O) groups is 1. The molecule has 0 spiro atoms. The van der Waals surface area contributed by atoms with Gasteiger partial charge in [0.15, 0.2) is 10.8 Å². The van der Waals surface area contributed by atoms with Gasteiger partial charge in [0.1, 0.15) is 5.82 Å². The quantitative estimate of drug-likeness (QED) is 0.330. The van der Waals surface area contributed by atoms with Crippen molar-refractivity contribution in [3.05, 3.63) is 42.1 Å². The van der Waals surface area contributed by atoms with Gasteiger partial charge in [-0.05, 0) is 18.4 Å². The Labute approximate surface area is 161 Å². The van der Waals surface area contributed by atoms with Crippen LogP contribution in [0.2, 0.25) is 0 Å². The molecule has 0 atom stereocenters. The fourth-order valence-corrected chi connectivity index (χ4v) is 2.92. The summed E-state index contributed by atoms with van der Waals surface area (Å²) >= 11 is 1.47. The maximum Gasteiger partial charge on any atom is 0.251 e. The molecule has 142 valence electrons. The van der Waals surface area contributed by atoms with Crippen LogP contribution in [0.1, 0.15) is 10.4 Å². The second-order valence-corrected chi connectivity index (χ2v) is 6.48. The van der Waals surface area contributed by atoms with Gasteiger partial charge >= 0.3 is 0 Å². The van der Waals surface area contributed by atoms with E-state index in [-0.39, 0.29) is 5.91 Å². The van der Waals surface area contributed by atoms with Crippen molar-refractivity contribution >= 4 is 34.5 Å². The number of methoxy groups -OCH3 is 1. The molecule has 27 heavy (non-hydrogen) atoms.